The summed E-state index contributed by atoms with van der Waals surface area (Å²) in [7, 11) is 0. The quantitative estimate of drug-likeness (QED) is 0.802. The summed E-state index contributed by atoms with van der Waals surface area (Å²) in [6, 6.07) is 4.61. The van der Waals surface area contributed by atoms with Gasteiger partial charge in [0.25, 0.3) is 5.89 Å². The molecule has 0 unspecified atom stereocenters. The van der Waals surface area contributed by atoms with Crippen LogP contribution in [0.5, 0.6) is 0 Å². The van der Waals surface area contributed by atoms with Crippen molar-refractivity contribution in [2.75, 3.05) is 0 Å². The van der Waals surface area contributed by atoms with Crippen molar-refractivity contribution in [2.45, 2.75) is 13.5 Å². The van der Waals surface area contributed by atoms with Crippen LogP contribution in [0.3, 0.4) is 0 Å². The first kappa shape index (κ1) is 12.9. The Labute approximate surface area is 118 Å². The monoisotopic (exact) mass is 290 g/mol. The highest BCUT2D eigenvalue weighted by molar-refractivity contribution is 7.09. The van der Waals surface area contributed by atoms with Crippen molar-refractivity contribution in [2.24, 2.45) is 5.73 Å². The highest BCUT2D eigenvalue weighted by Crippen LogP contribution is 2.24. The van der Waals surface area contributed by atoms with Gasteiger partial charge >= 0.3 is 0 Å². The first-order valence-corrected chi connectivity index (χ1v) is 6.80. The Morgan fingerprint density at radius 3 is 2.85 bits per heavy atom. The molecule has 0 amide bonds. The van der Waals surface area contributed by atoms with Crippen LogP contribution in [0.1, 0.15) is 10.6 Å². The summed E-state index contributed by atoms with van der Waals surface area (Å²) < 4.78 is 18.5. The molecular formula is C13H11FN4OS. The van der Waals surface area contributed by atoms with E-state index in [2.05, 4.69) is 15.1 Å². The van der Waals surface area contributed by atoms with E-state index in [9.17, 15) is 4.39 Å². The summed E-state index contributed by atoms with van der Waals surface area (Å²) in [6.45, 7) is 2.18. The minimum absolute atomic E-state index is 0.304. The van der Waals surface area contributed by atoms with Crippen molar-refractivity contribution in [3.05, 3.63) is 40.0 Å². The molecule has 3 rings (SSSR count). The number of aromatic nitrogens is 3. The van der Waals surface area contributed by atoms with Crippen LogP contribution in [-0.2, 0) is 6.54 Å². The molecule has 7 heteroatoms. The zero-order valence-corrected chi connectivity index (χ0v) is 11.4. The number of aryl methyl sites for hydroxylation is 1. The largest absolute Gasteiger partial charge is 0.332 e. The van der Waals surface area contributed by atoms with Gasteiger partial charge in [0.1, 0.15) is 16.5 Å². The highest BCUT2D eigenvalue weighted by atomic mass is 32.1. The lowest BCUT2D eigenvalue weighted by atomic mass is 10.1. The number of benzene rings is 1. The summed E-state index contributed by atoms with van der Waals surface area (Å²) in [4.78, 5) is 8.50. The van der Waals surface area contributed by atoms with E-state index in [1.54, 1.807) is 11.4 Å². The first-order chi connectivity index (χ1) is 9.65. The maximum atomic E-state index is 13.4. The summed E-state index contributed by atoms with van der Waals surface area (Å²) in [6.07, 6.45) is 0. The Morgan fingerprint density at radius 1 is 1.30 bits per heavy atom. The van der Waals surface area contributed by atoms with Gasteiger partial charge in [-0.3, -0.25) is 0 Å². The van der Waals surface area contributed by atoms with E-state index in [1.807, 2.05) is 6.92 Å². The lowest BCUT2D eigenvalue weighted by Gasteiger charge is -1.97. The molecular weight excluding hydrogens is 279 g/mol. The molecule has 0 spiro atoms. The third-order valence-electron chi connectivity index (χ3n) is 2.67. The number of nitrogens with two attached hydrogens (primary N) is 1. The minimum atomic E-state index is -0.328. The number of hydrogen-bond acceptors (Lipinski definition) is 6. The van der Waals surface area contributed by atoms with Crippen molar-refractivity contribution < 1.29 is 8.91 Å². The second-order valence-electron chi connectivity index (χ2n) is 4.27. The molecule has 102 valence electrons. The maximum absolute atomic E-state index is 13.4. The van der Waals surface area contributed by atoms with Crippen LogP contribution in [0.25, 0.3) is 23.0 Å². The SMILES string of the molecule is Cc1cc(F)cc(-c2noc(-c3csc(CN)n3)n2)c1. The lowest BCUT2D eigenvalue weighted by Crippen LogP contribution is -1.94. The van der Waals surface area contributed by atoms with E-state index in [1.165, 1.54) is 23.5 Å². The molecule has 3 aromatic rings. The smallest absolute Gasteiger partial charge is 0.277 e. The number of nitrogens with zero attached hydrogens (tertiary/aromatic N) is 3. The highest BCUT2D eigenvalue weighted by Gasteiger charge is 2.14. The van der Waals surface area contributed by atoms with E-state index >= 15 is 0 Å². The molecule has 0 aliphatic rings. The molecule has 0 fully saturated rings. The van der Waals surface area contributed by atoms with E-state index in [0.717, 1.165) is 10.6 Å². The van der Waals surface area contributed by atoms with Gasteiger partial charge in [0.15, 0.2) is 0 Å². The van der Waals surface area contributed by atoms with Gasteiger partial charge in [-0.2, -0.15) is 4.98 Å². The lowest BCUT2D eigenvalue weighted by molar-refractivity contribution is 0.431. The van der Waals surface area contributed by atoms with Gasteiger partial charge in [0.2, 0.25) is 5.82 Å². The van der Waals surface area contributed by atoms with Gasteiger partial charge in [-0.15, -0.1) is 11.3 Å². The van der Waals surface area contributed by atoms with Crippen LogP contribution >= 0.6 is 11.3 Å². The number of halogens is 1. The fraction of sp³-hybridized carbons (Fsp3) is 0.154. The van der Waals surface area contributed by atoms with Gasteiger partial charge in [-0.05, 0) is 30.7 Å². The van der Waals surface area contributed by atoms with E-state index in [0.29, 0.717) is 29.5 Å². The minimum Gasteiger partial charge on any atom is -0.332 e. The summed E-state index contributed by atoms with van der Waals surface area (Å²) in [5.41, 5.74) is 7.47. The molecule has 0 saturated heterocycles. The molecule has 0 aliphatic carbocycles. The fourth-order valence-electron chi connectivity index (χ4n) is 1.81. The summed E-state index contributed by atoms with van der Waals surface area (Å²) in [5.74, 6) is 0.313. The van der Waals surface area contributed by atoms with E-state index in [-0.39, 0.29) is 5.82 Å². The van der Waals surface area contributed by atoms with Crippen molar-refractivity contribution in [1.29, 1.82) is 0 Å². The summed E-state index contributed by atoms with van der Waals surface area (Å²) in [5, 5.41) is 6.46. The zero-order chi connectivity index (χ0) is 14.1. The maximum Gasteiger partial charge on any atom is 0.277 e. The second-order valence-corrected chi connectivity index (χ2v) is 5.21. The van der Waals surface area contributed by atoms with Crippen LogP contribution in [0.2, 0.25) is 0 Å². The molecule has 2 heterocycles. The molecule has 1 aromatic carbocycles. The van der Waals surface area contributed by atoms with Gasteiger partial charge in [0, 0.05) is 17.5 Å². The van der Waals surface area contributed by atoms with Crippen LogP contribution < -0.4 is 5.73 Å². The zero-order valence-electron chi connectivity index (χ0n) is 10.6. The van der Waals surface area contributed by atoms with Crippen LogP contribution in [0, 0.1) is 12.7 Å². The van der Waals surface area contributed by atoms with Crippen LogP contribution in [-0.4, -0.2) is 15.1 Å². The third-order valence-corrected chi connectivity index (χ3v) is 3.54. The average Bonchev–Trinajstić information content (AvgIpc) is 3.06. The molecule has 0 radical (unpaired) electrons. The Bertz CT molecular complexity index is 732. The molecule has 2 N–H and O–H groups in total. The van der Waals surface area contributed by atoms with Crippen LogP contribution in [0.4, 0.5) is 4.39 Å². The molecule has 2 aromatic heterocycles. The Balaban J connectivity index is 1.97. The van der Waals surface area contributed by atoms with Gasteiger partial charge in [0.05, 0.1) is 0 Å². The van der Waals surface area contributed by atoms with Crippen molar-refractivity contribution in [3.63, 3.8) is 0 Å². The van der Waals surface area contributed by atoms with Gasteiger partial charge < -0.3 is 10.3 Å². The normalized spacial score (nSPS) is 10.9. The second kappa shape index (κ2) is 5.10. The molecule has 0 saturated carbocycles. The molecule has 0 atom stereocenters. The number of hydrogen-bond donors (Lipinski definition) is 1. The molecule has 0 aliphatic heterocycles. The van der Waals surface area contributed by atoms with Crippen molar-refractivity contribution in [1.82, 2.24) is 15.1 Å². The topological polar surface area (TPSA) is 77.8 Å². The van der Waals surface area contributed by atoms with Gasteiger partial charge in [-0.1, -0.05) is 5.16 Å². The fourth-order valence-corrected chi connectivity index (χ4v) is 2.46. The van der Waals surface area contributed by atoms with Crippen molar-refractivity contribution >= 4 is 11.3 Å². The Kier molecular flexibility index (Phi) is 3.29. The Morgan fingerprint density at radius 2 is 2.15 bits per heavy atom. The first-order valence-electron chi connectivity index (χ1n) is 5.92. The van der Waals surface area contributed by atoms with Gasteiger partial charge in [-0.25, -0.2) is 9.37 Å². The number of rotatable bonds is 3. The predicted octanol–water partition coefficient (Wildman–Crippen LogP) is 2.77. The molecule has 20 heavy (non-hydrogen) atoms. The standard InChI is InChI=1S/C13H11FN4OS/c1-7-2-8(4-9(14)3-7)12-17-13(19-18-12)10-6-20-11(5-15)16-10/h2-4,6H,5,15H2,1H3. The van der Waals surface area contributed by atoms with Crippen molar-refractivity contribution in [3.8, 4) is 23.0 Å². The van der Waals surface area contributed by atoms with E-state index in [4.69, 9.17) is 10.3 Å². The predicted molar refractivity (Wildman–Crippen MR) is 73.4 cm³/mol. The molecule has 5 nitrogen and oxygen atoms in total. The third kappa shape index (κ3) is 2.45. The Hall–Kier alpha value is -2.12. The number of thiazole rings is 1. The average molecular weight is 290 g/mol. The summed E-state index contributed by atoms with van der Waals surface area (Å²) >= 11 is 1.43. The van der Waals surface area contributed by atoms with Crippen LogP contribution in [0.15, 0.2) is 28.1 Å². The molecule has 0 bridgehead atoms. The van der Waals surface area contributed by atoms with E-state index < -0.39 is 0 Å².